The SMILES string of the molecule is CC/C=C\C/C=C\C/C=C\C/C=C\CCCCCCCCCCCCCCCCCCCCC(=O)OC(COC(=O)CCCCCCCCCCCCCCCCCCCCCCCCCCCCCCCCCCC)COC(OCC[N+](C)(C)C)C(=O)O. The maximum Gasteiger partial charge on any atom is 0.361 e. The van der Waals surface area contributed by atoms with Gasteiger partial charge in [0.25, 0.3) is 6.29 Å². The highest BCUT2D eigenvalue weighted by atomic mass is 16.7. The Hall–Kier alpha value is -2.75. The number of likely N-dealkylation sites (N-methyl/N-ethyl adjacent to an activating group) is 1. The van der Waals surface area contributed by atoms with Crippen LogP contribution in [-0.4, -0.2) is 87.4 Å². The summed E-state index contributed by atoms with van der Waals surface area (Å²) in [5.41, 5.74) is 0. The fraction of sp³-hybridized carbons (Fsp3) is 0.863. The molecule has 522 valence electrons. The van der Waals surface area contributed by atoms with Crippen LogP contribution < -0.4 is 0 Å². The standard InChI is InChI=1S/C80H149NO8/c1-6-8-10-12-14-16-18-20-22-24-26-28-30-32-34-36-38-39-41-42-44-46-48-50-52-54-56-58-60-62-64-66-68-70-77(82)87-74-76(75-88-80(79(84)85)86-73-72-81(3,4)5)89-78(83)71-69-67-65-63-61-59-57-55-53-51-49-47-45-43-40-37-35-33-31-29-27-25-23-21-19-17-15-13-11-9-7-2/h9,11,15,17,21,23,27,29,76,80H,6-8,10,12-14,16,18-20,22,24-26,28,30-75H2,1-5H3/p+1/b11-9-,17-15-,23-21-,29-27-. The third-order valence-electron chi connectivity index (χ3n) is 17.6. The van der Waals surface area contributed by atoms with E-state index in [1.165, 1.54) is 295 Å². The van der Waals surface area contributed by atoms with Gasteiger partial charge in [0.05, 0.1) is 34.4 Å². The lowest BCUT2D eigenvalue weighted by Gasteiger charge is -2.25. The molecule has 0 aliphatic rings. The van der Waals surface area contributed by atoms with Crippen molar-refractivity contribution in [1.29, 1.82) is 0 Å². The van der Waals surface area contributed by atoms with Crippen molar-refractivity contribution in [2.45, 2.75) is 399 Å². The smallest absolute Gasteiger partial charge is 0.361 e. The van der Waals surface area contributed by atoms with E-state index in [0.717, 1.165) is 64.2 Å². The van der Waals surface area contributed by atoms with E-state index in [-0.39, 0.29) is 38.2 Å². The molecular formula is C80H150NO8+. The summed E-state index contributed by atoms with van der Waals surface area (Å²) < 4.78 is 23.1. The molecule has 0 aromatic carbocycles. The van der Waals surface area contributed by atoms with Crippen molar-refractivity contribution in [2.24, 2.45) is 0 Å². The van der Waals surface area contributed by atoms with E-state index in [9.17, 15) is 19.5 Å². The van der Waals surface area contributed by atoms with Crippen molar-refractivity contribution in [3.63, 3.8) is 0 Å². The van der Waals surface area contributed by atoms with Gasteiger partial charge >= 0.3 is 17.9 Å². The van der Waals surface area contributed by atoms with Gasteiger partial charge in [-0.3, -0.25) is 9.59 Å². The van der Waals surface area contributed by atoms with E-state index in [0.29, 0.717) is 17.4 Å². The molecule has 0 amide bonds. The molecule has 0 fully saturated rings. The first-order chi connectivity index (χ1) is 43.6. The Kier molecular flexibility index (Phi) is 68.9. The van der Waals surface area contributed by atoms with Crippen LogP contribution >= 0.6 is 0 Å². The summed E-state index contributed by atoms with van der Waals surface area (Å²) in [5.74, 6) is -1.97. The highest BCUT2D eigenvalue weighted by Crippen LogP contribution is 2.20. The van der Waals surface area contributed by atoms with Crippen molar-refractivity contribution in [2.75, 3.05) is 47.5 Å². The van der Waals surface area contributed by atoms with E-state index in [1.807, 2.05) is 21.1 Å². The molecule has 0 rings (SSSR count). The van der Waals surface area contributed by atoms with E-state index in [4.69, 9.17) is 18.9 Å². The number of carboxylic acid groups (broad SMARTS) is 1. The van der Waals surface area contributed by atoms with Gasteiger partial charge in [-0.2, -0.15) is 0 Å². The molecular weight excluding hydrogens is 1100 g/mol. The number of carboxylic acids is 1. The number of unbranched alkanes of at least 4 members (excludes halogenated alkanes) is 50. The number of ether oxygens (including phenoxy) is 4. The number of nitrogens with zero attached hydrogens (tertiary/aromatic N) is 1. The predicted molar refractivity (Wildman–Crippen MR) is 383 cm³/mol. The van der Waals surface area contributed by atoms with Crippen LogP contribution in [-0.2, 0) is 33.3 Å². The molecule has 0 aromatic heterocycles. The molecule has 0 heterocycles. The average molecular weight is 1250 g/mol. The first-order valence-corrected chi connectivity index (χ1v) is 38.8. The predicted octanol–water partition coefficient (Wildman–Crippen LogP) is 24.5. The van der Waals surface area contributed by atoms with Crippen molar-refractivity contribution in [3.8, 4) is 0 Å². The number of hydrogen-bond donors (Lipinski definition) is 1. The van der Waals surface area contributed by atoms with Gasteiger partial charge in [-0.05, 0) is 51.4 Å². The number of carbonyl (C=O) groups excluding carboxylic acids is 2. The summed E-state index contributed by atoms with van der Waals surface area (Å²) in [5, 5.41) is 9.77. The van der Waals surface area contributed by atoms with Crippen molar-refractivity contribution in [3.05, 3.63) is 48.6 Å². The zero-order valence-electron chi connectivity index (χ0n) is 59.9. The van der Waals surface area contributed by atoms with Crippen LogP contribution in [0.1, 0.15) is 386 Å². The lowest BCUT2D eigenvalue weighted by molar-refractivity contribution is -0.870. The Morgan fingerprint density at radius 3 is 0.955 bits per heavy atom. The second-order valence-corrected chi connectivity index (χ2v) is 27.7. The van der Waals surface area contributed by atoms with Gasteiger partial charge in [0.1, 0.15) is 13.2 Å². The van der Waals surface area contributed by atoms with Crippen LogP contribution in [0.25, 0.3) is 0 Å². The molecule has 0 radical (unpaired) electrons. The number of hydrogen-bond acceptors (Lipinski definition) is 7. The molecule has 0 aliphatic heterocycles. The highest BCUT2D eigenvalue weighted by Gasteiger charge is 2.25. The van der Waals surface area contributed by atoms with Crippen LogP contribution in [0.3, 0.4) is 0 Å². The van der Waals surface area contributed by atoms with Crippen molar-refractivity contribution in [1.82, 2.24) is 0 Å². The number of rotatable bonds is 73. The van der Waals surface area contributed by atoms with Gasteiger partial charge in [0.15, 0.2) is 6.10 Å². The Labute approximate surface area is 553 Å². The van der Waals surface area contributed by atoms with E-state index in [1.54, 1.807) is 0 Å². The molecule has 9 heteroatoms. The zero-order valence-corrected chi connectivity index (χ0v) is 59.9. The summed E-state index contributed by atoms with van der Waals surface area (Å²) in [4.78, 5) is 37.7. The third-order valence-corrected chi connectivity index (χ3v) is 17.6. The van der Waals surface area contributed by atoms with E-state index < -0.39 is 18.4 Å². The monoisotopic (exact) mass is 1250 g/mol. The maximum absolute atomic E-state index is 13.0. The minimum absolute atomic E-state index is 0.176. The molecule has 9 nitrogen and oxygen atoms in total. The van der Waals surface area contributed by atoms with Gasteiger partial charge in [-0.25, -0.2) is 4.79 Å². The van der Waals surface area contributed by atoms with Gasteiger partial charge in [0, 0.05) is 12.8 Å². The third kappa shape index (κ3) is 72.5. The summed E-state index contributed by atoms with van der Waals surface area (Å²) in [6.07, 6.45) is 89.8. The minimum atomic E-state index is -1.51. The Morgan fingerprint density at radius 2 is 0.640 bits per heavy atom. The number of carbonyl (C=O) groups is 3. The van der Waals surface area contributed by atoms with Crippen LogP contribution in [0.5, 0.6) is 0 Å². The number of quaternary nitrogens is 1. The molecule has 0 bridgehead atoms. The lowest BCUT2D eigenvalue weighted by atomic mass is 10.0. The van der Waals surface area contributed by atoms with E-state index in [2.05, 4.69) is 62.5 Å². The zero-order chi connectivity index (χ0) is 64.7. The van der Waals surface area contributed by atoms with Crippen LogP contribution in [0.2, 0.25) is 0 Å². The molecule has 1 N–H and O–H groups in total. The van der Waals surface area contributed by atoms with Crippen molar-refractivity contribution >= 4 is 17.9 Å². The molecule has 89 heavy (non-hydrogen) atoms. The average Bonchev–Trinajstić information content (AvgIpc) is 3.64. The lowest BCUT2D eigenvalue weighted by Crippen LogP contribution is -2.40. The number of aliphatic carboxylic acids is 1. The number of esters is 2. The quantitative estimate of drug-likeness (QED) is 0.0211. The second-order valence-electron chi connectivity index (χ2n) is 27.7. The highest BCUT2D eigenvalue weighted by molar-refractivity contribution is 5.71. The first-order valence-electron chi connectivity index (χ1n) is 38.8. The molecule has 0 saturated carbocycles. The number of allylic oxidation sites excluding steroid dienone is 8. The summed E-state index contributed by atoms with van der Waals surface area (Å²) in [6.45, 7) is 4.84. The van der Waals surface area contributed by atoms with E-state index >= 15 is 0 Å². The van der Waals surface area contributed by atoms with Gasteiger partial charge < -0.3 is 28.5 Å². The normalized spacial score (nSPS) is 12.9. The van der Waals surface area contributed by atoms with Crippen LogP contribution in [0.15, 0.2) is 48.6 Å². The Morgan fingerprint density at radius 1 is 0.348 bits per heavy atom. The van der Waals surface area contributed by atoms with Crippen LogP contribution in [0.4, 0.5) is 0 Å². The largest absolute Gasteiger partial charge is 0.477 e. The molecule has 2 unspecified atom stereocenters. The topological polar surface area (TPSA) is 108 Å². The van der Waals surface area contributed by atoms with Crippen molar-refractivity contribution < 1.29 is 42.9 Å². The summed E-state index contributed by atoms with van der Waals surface area (Å²) >= 11 is 0. The van der Waals surface area contributed by atoms with Gasteiger partial charge in [-0.15, -0.1) is 0 Å². The Bertz CT molecular complexity index is 1600. The fourth-order valence-electron chi connectivity index (χ4n) is 11.7. The molecule has 0 aromatic rings. The van der Waals surface area contributed by atoms with Crippen LogP contribution in [0, 0.1) is 0 Å². The fourth-order valence-corrected chi connectivity index (χ4v) is 11.7. The molecule has 2 atom stereocenters. The molecule has 0 aliphatic carbocycles. The first kappa shape index (κ1) is 86.2. The maximum atomic E-state index is 13.0. The van der Waals surface area contributed by atoms with Gasteiger partial charge in [-0.1, -0.05) is 371 Å². The van der Waals surface area contributed by atoms with Gasteiger partial charge in [0.2, 0.25) is 0 Å². The summed E-state index contributed by atoms with van der Waals surface area (Å²) in [7, 11) is 6.00. The minimum Gasteiger partial charge on any atom is -0.477 e. The second kappa shape index (κ2) is 71.1. The Balaban J connectivity index is 3.99. The molecule has 0 spiro atoms. The molecule has 0 saturated heterocycles. The summed E-state index contributed by atoms with van der Waals surface area (Å²) in [6, 6.07) is 0.